The molecule has 1 aliphatic rings. The summed E-state index contributed by atoms with van der Waals surface area (Å²) in [7, 11) is 0. The number of imidazole rings is 1. The van der Waals surface area contributed by atoms with Crippen LogP contribution in [0.25, 0.3) is 11.7 Å². The molecule has 33 heavy (non-hydrogen) atoms. The molecule has 1 fully saturated rings. The summed E-state index contributed by atoms with van der Waals surface area (Å²) < 4.78 is 46.0. The Morgan fingerprint density at radius 1 is 1.18 bits per heavy atom. The first-order valence-electron chi connectivity index (χ1n) is 10.4. The van der Waals surface area contributed by atoms with E-state index in [4.69, 9.17) is 16.3 Å². The van der Waals surface area contributed by atoms with Crippen LogP contribution in [0.5, 0.6) is 0 Å². The Morgan fingerprint density at radius 2 is 1.91 bits per heavy atom. The Kier molecular flexibility index (Phi) is 7.02. The summed E-state index contributed by atoms with van der Waals surface area (Å²) in [5.41, 5.74) is 1.23. The molecule has 3 heterocycles. The maximum absolute atomic E-state index is 12.9. The van der Waals surface area contributed by atoms with E-state index in [1.807, 2.05) is 12.1 Å². The highest BCUT2D eigenvalue weighted by Gasteiger charge is 2.31. The van der Waals surface area contributed by atoms with Crippen LogP contribution in [0.15, 0.2) is 54.7 Å². The molecule has 0 bridgehead atoms. The molecule has 10 heteroatoms. The smallest absolute Gasteiger partial charge is 0.379 e. The van der Waals surface area contributed by atoms with Gasteiger partial charge in [-0.3, -0.25) is 14.1 Å². The number of rotatable bonds is 6. The van der Waals surface area contributed by atoms with Crippen LogP contribution in [0.1, 0.15) is 22.9 Å². The van der Waals surface area contributed by atoms with Gasteiger partial charge in [-0.25, -0.2) is 4.98 Å². The van der Waals surface area contributed by atoms with Gasteiger partial charge in [0.1, 0.15) is 5.65 Å². The highest BCUT2D eigenvalue weighted by molar-refractivity contribution is 6.31. The standard InChI is InChI=1S/C23H22ClF3N4O2/c24-22-18(31-10-2-1-3-20(31)29-22)8-9-21(32)28-15-19(30-11-13-33-14-12-30)16-4-6-17(7-5-16)23(25,26)27/h1-10,19H,11-15H2,(H,28,32)/b9-8+. The number of benzene rings is 1. The van der Waals surface area contributed by atoms with Crippen molar-refractivity contribution in [3.63, 3.8) is 0 Å². The largest absolute Gasteiger partial charge is 0.416 e. The van der Waals surface area contributed by atoms with Crippen molar-refractivity contribution in [1.29, 1.82) is 0 Å². The second-order valence-corrected chi connectivity index (χ2v) is 7.94. The molecule has 1 N–H and O–H groups in total. The van der Waals surface area contributed by atoms with Crippen molar-refractivity contribution in [2.45, 2.75) is 12.2 Å². The van der Waals surface area contributed by atoms with Crippen molar-refractivity contribution >= 4 is 29.2 Å². The normalized spacial score (nSPS) is 16.4. The zero-order valence-corrected chi connectivity index (χ0v) is 18.3. The number of carbonyl (C=O) groups excluding carboxylic acids is 1. The van der Waals surface area contributed by atoms with Gasteiger partial charge in [0.15, 0.2) is 5.15 Å². The molecular weight excluding hydrogens is 457 g/mol. The minimum Gasteiger partial charge on any atom is -0.379 e. The number of morpholine rings is 1. The SMILES string of the molecule is O=C(/C=C/c1c(Cl)nc2ccccn12)NCC(c1ccc(C(F)(F)F)cc1)N1CCOCC1. The molecular formula is C23H22ClF3N4O2. The molecule has 1 saturated heterocycles. The maximum Gasteiger partial charge on any atom is 0.416 e. The van der Waals surface area contributed by atoms with Crippen LogP contribution in [0, 0.1) is 0 Å². The lowest BCUT2D eigenvalue weighted by molar-refractivity contribution is -0.137. The third-order valence-corrected chi connectivity index (χ3v) is 5.77. The van der Waals surface area contributed by atoms with Gasteiger partial charge in [0.25, 0.3) is 0 Å². The molecule has 3 aromatic rings. The molecule has 1 atom stereocenters. The van der Waals surface area contributed by atoms with Gasteiger partial charge in [0.05, 0.1) is 30.5 Å². The van der Waals surface area contributed by atoms with Crippen molar-refractivity contribution in [2.24, 2.45) is 0 Å². The minimum absolute atomic E-state index is 0.232. The Bertz CT molecular complexity index is 1140. The number of nitrogens with zero attached hydrogens (tertiary/aromatic N) is 3. The molecule has 0 saturated carbocycles. The highest BCUT2D eigenvalue weighted by atomic mass is 35.5. The van der Waals surface area contributed by atoms with Crippen LogP contribution in [-0.4, -0.2) is 53.0 Å². The van der Waals surface area contributed by atoms with Crippen molar-refractivity contribution in [1.82, 2.24) is 19.6 Å². The van der Waals surface area contributed by atoms with E-state index in [2.05, 4.69) is 15.2 Å². The van der Waals surface area contributed by atoms with E-state index in [1.54, 1.807) is 22.7 Å². The summed E-state index contributed by atoms with van der Waals surface area (Å²) >= 11 is 6.19. The average molecular weight is 479 g/mol. The van der Waals surface area contributed by atoms with E-state index in [9.17, 15) is 18.0 Å². The van der Waals surface area contributed by atoms with Gasteiger partial charge < -0.3 is 10.1 Å². The van der Waals surface area contributed by atoms with Crippen molar-refractivity contribution in [3.05, 3.63) is 76.7 Å². The van der Waals surface area contributed by atoms with Gasteiger partial charge in [0.2, 0.25) is 5.91 Å². The summed E-state index contributed by atoms with van der Waals surface area (Å²) in [6.07, 6.45) is 0.348. The molecule has 174 valence electrons. The Labute approximate surface area is 193 Å². The van der Waals surface area contributed by atoms with Gasteiger partial charge in [-0.2, -0.15) is 13.2 Å². The van der Waals surface area contributed by atoms with Crippen molar-refractivity contribution in [3.8, 4) is 0 Å². The quantitative estimate of drug-likeness (QED) is 0.539. The fraction of sp³-hybridized carbons (Fsp3) is 0.304. The van der Waals surface area contributed by atoms with E-state index >= 15 is 0 Å². The molecule has 1 amide bonds. The van der Waals surface area contributed by atoms with E-state index in [1.165, 1.54) is 18.2 Å². The van der Waals surface area contributed by atoms with Gasteiger partial charge in [-0.1, -0.05) is 29.8 Å². The van der Waals surface area contributed by atoms with Crippen LogP contribution in [-0.2, 0) is 15.7 Å². The van der Waals surface area contributed by atoms with Gasteiger partial charge in [-0.05, 0) is 35.9 Å². The highest BCUT2D eigenvalue weighted by Crippen LogP contribution is 2.31. The Hall–Kier alpha value is -2.88. The third-order valence-electron chi connectivity index (χ3n) is 5.49. The lowest BCUT2D eigenvalue weighted by atomic mass is 10.0. The number of ether oxygens (including phenoxy) is 1. The zero-order chi connectivity index (χ0) is 23.4. The summed E-state index contributed by atoms with van der Waals surface area (Å²) in [5, 5.41) is 3.13. The zero-order valence-electron chi connectivity index (χ0n) is 17.6. The number of aromatic nitrogens is 2. The number of alkyl halides is 3. The molecule has 2 aromatic heterocycles. The summed E-state index contributed by atoms with van der Waals surface area (Å²) in [6.45, 7) is 2.52. The number of hydrogen-bond donors (Lipinski definition) is 1. The predicted molar refractivity (Wildman–Crippen MR) is 119 cm³/mol. The Balaban J connectivity index is 1.47. The molecule has 0 radical (unpaired) electrons. The van der Waals surface area contributed by atoms with Gasteiger partial charge in [0, 0.05) is 31.9 Å². The maximum atomic E-state index is 12.9. The number of hydrogen-bond acceptors (Lipinski definition) is 4. The first-order valence-corrected chi connectivity index (χ1v) is 10.8. The molecule has 0 spiro atoms. The number of amides is 1. The van der Waals surface area contributed by atoms with Crippen molar-refractivity contribution in [2.75, 3.05) is 32.8 Å². The molecule has 4 rings (SSSR count). The first-order chi connectivity index (χ1) is 15.8. The van der Waals surface area contributed by atoms with Gasteiger partial charge >= 0.3 is 6.18 Å². The molecule has 6 nitrogen and oxygen atoms in total. The minimum atomic E-state index is -4.40. The van der Waals surface area contributed by atoms with E-state index < -0.39 is 11.7 Å². The lowest BCUT2D eigenvalue weighted by Crippen LogP contribution is -2.43. The van der Waals surface area contributed by atoms with Crippen LogP contribution in [0.4, 0.5) is 13.2 Å². The van der Waals surface area contributed by atoms with Crippen molar-refractivity contribution < 1.29 is 22.7 Å². The van der Waals surface area contributed by atoms with Crippen LogP contribution < -0.4 is 5.32 Å². The second-order valence-electron chi connectivity index (χ2n) is 7.58. The topological polar surface area (TPSA) is 58.9 Å². The molecule has 0 aliphatic carbocycles. The summed E-state index contributed by atoms with van der Waals surface area (Å²) in [4.78, 5) is 18.9. The number of nitrogens with one attached hydrogen (secondary N) is 1. The first kappa shape index (κ1) is 23.3. The van der Waals surface area contributed by atoms with Gasteiger partial charge in [-0.15, -0.1) is 0 Å². The summed E-state index contributed by atoms with van der Waals surface area (Å²) in [5.74, 6) is -0.345. The number of fused-ring (bicyclic) bond motifs is 1. The monoisotopic (exact) mass is 478 g/mol. The lowest BCUT2D eigenvalue weighted by Gasteiger charge is -2.35. The molecule has 1 aliphatic heterocycles. The van der Waals surface area contributed by atoms with Crippen LogP contribution in [0.2, 0.25) is 5.15 Å². The average Bonchev–Trinajstić information content (AvgIpc) is 3.13. The van der Waals surface area contributed by atoms with E-state index in [0.29, 0.717) is 43.2 Å². The number of halogens is 4. The fourth-order valence-corrected chi connectivity index (χ4v) is 4.03. The van der Waals surface area contributed by atoms with Crippen LogP contribution in [0.3, 0.4) is 0 Å². The predicted octanol–water partition coefficient (Wildman–Crippen LogP) is 4.21. The number of pyridine rings is 1. The third kappa shape index (κ3) is 5.55. The Morgan fingerprint density at radius 3 is 2.61 bits per heavy atom. The molecule has 1 aromatic carbocycles. The summed E-state index contributed by atoms with van der Waals surface area (Å²) in [6, 6.07) is 10.2. The van der Waals surface area contributed by atoms with E-state index in [-0.39, 0.29) is 23.6 Å². The fourth-order valence-electron chi connectivity index (χ4n) is 3.79. The van der Waals surface area contributed by atoms with Crippen LogP contribution >= 0.6 is 11.6 Å². The molecule has 1 unspecified atom stereocenters. The number of carbonyl (C=O) groups is 1. The van der Waals surface area contributed by atoms with E-state index in [0.717, 1.165) is 12.1 Å². The second kappa shape index (κ2) is 9.94.